The van der Waals surface area contributed by atoms with Crippen LogP contribution in [0, 0.1) is 5.82 Å². The zero-order chi connectivity index (χ0) is 18.8. The lowest BCUT2D eigenvalue weighted by Gasteiger charge is -2.23. The van der Waals surface area contributed by atoms with E-state index in [2.05, 4.69) is 4.98 Å². The molecule has 0 aliphatic carbocycles. The molecule has 8 nitrogen and oxygen atoms in total. The molecule has 0 bridgehead atoms. The van der Waals surface area contributed by atoms with Gasteiger partial charge in [-0.15, -0.1) is 0 Å². The number of nitrogens with two attached hydrogens (primary N) is 1. The van der Waals surface area contributed by atoms with E-state index in [9.17, 15) is 18.8 Å². The molecule has 0 spiro atoms. The molecular weight excluding hydrogens is 353 g/mol. The van der Waals surface area contributed by atoms with Crippen molar-refractivity contribution in [2.75, 3.05) is 11.5 Å². The minimum Gasteiger partial charge on any atom is -0.451 e. The average molecular weight is 371 g/mol. The van der Waals surface area contributed by atoms with E-state index < -0.39 is 41.2 Å². The Hall–Kier alpha value is -2.20. The number of hydrogen-bond donors (Lipinski definition) is 1. The Labute approximate surface area is 147 Å². The summed E-state index contributed by atoms with van der Waals surface area (Å²) in [4.78, 5) is 38.3. The molecular formula is C15H18FN3O5S. The third-order valence-corrected chi connectivity index (χ3v) is 4.53. The van der Waals surface area contributed by atoms with Crippen molar-refractivity contribution in [3.05, 3.63) is 34.7 Å². The first kappa shape index (κ1) is 19.1. The minimum absolute atomic E-state index is 0.246. The number of halogens is 1. The van der Waals surface area contributed by atoms with Gasteiger partial charge in [0, 0.05) is 12.7 Å². The second-order valence-corrected chi connectivity index (χ2v) is 6.81. The fraction of sp³-hybridized carbons (Fsp3) is 0.467. The zero-order valence-corrected chi connectivity index (χ0v) is 14.7. The molecule has 2 unspecified atom stereocenters. The van der Waals surface area contributed by atoms with E-state index in [1.807, 2.05) is 0 Å². The minimum atomic E-state index is -1.25. The van der Waals surface area contributed by atoms with Crippen LogP contribution >= 0.6 is 11.8 Å². The molecule has 0 amide bonds. The summed E-state index contributed by atoms with van der Waals surface area (Å²) >= 11 is 0.940. The maximum Gasteiger partial charge on any atom is 0.352 e. The Balaban J connectivity index is 1.95. The highest BCUT2D eigenvalue weighted by molar-refractivity contribution is 8.13. The number of ether oxygens (including phenoxy) is 2. The summed E-state index contributed by atoms with van der Waals surface area (Å²) in [5.74, 6) is -1.61. The Kier molecular flexibility index (Phi) is 5.63. The number of carbonyl (C=O) groups is 2. The highest BCUT2D eigenvalue weighted by Gasteiger charge is 2.32. The summed E-state index contributed by atoms with van der Waals surface area (Å²) in [5, 5.41) is -0.333. The van der Waals surface area contributed by atoms with Crippen molar-refractivity contribution in [3.8, 4) is 0 Å². The van der Waals surface area contributed by atoms with Gasteiger partial charge in [-0.1, -0.05) is 17.8 Å². The number of nitrogen functional groups attached to an aromatic ring is 1. The highest BCUT2D eigenvalue weighted by Crippen LogP contribution is 2.26. The molecule has 25 heavy (non-hydrogen) atoms. The molecule has 2 heterocycles. The van der Waals surface area contributed by atoms with Gasteiger partial charge in [0.25, 0.3) is 0 Å². The molecule has 2 rings (SSSR count). The topological polar surface area (TPSA) is 114 Å². The van der Waals surface area contributed by atoms with Gasteiger partial charge in [-0.3, -0.25) is 14.2 Å². The lowest BCUT2D eigenvalue weighted by Crippen LogP contribution is -2.35. The second-order valence-electron chi connectivity index (χ2n) is 5.82. The lowest BCUT2D eigenvalue weighted by molar-refractivity contribution is -0.158. The van der Waals surface area contributed by atoms with Crippen molar-refractivity contribution in [1.82, 2.24) is 9.55 Å². The summed E-state index contributed by atoms with van der Waals surface area (Å²) in [6, 6.07) is 0. The van der Waals surface area contributed by atoms with Crippen LogP contribution in [0.3, 0.4) is 0 Å². The van der Waals surface area contributed by atoms with E-state index in [4.69, 9.17) is 15.2 Å². The van der Waals surface area contributed by atoms with Gasteiger partial charge in [-0.05, 0) is 19.9 Å². The van der Waals surface area contributed by atoms with Gasteiger partial charge in [0.1, 0.15) is 0 Å². The van der Waals surface area contributed by atoms with Crippen molar-refractivity contribution in [3.63, 3.8) is 0 Å². The predicted molar refractivity (Wildman–Crippen MR) is 89.2 cm³/mol. The van der Waals surface area contributed by atoms with E-state index >= 15 is 0 Å². The van der Waals surface area contributed by atoms with Crippen LogP contribution in [0.25, 0.3) is 0 Å². The van der Waals surface area contributed by atoms with Gasteiger partial charge in [-0.2, -0.15) is 4.98 Å². The first-order valence-corrected chi connectivity index (χ1v) is 8.33. The van der Waals surface area contributed by atoms with E-state index in [1.165, 1.54) is 20.8 Å². The average Bonchev–Trinajstić information content (AvgIpc) is 2.95. The summed E-state index contributed by atoms with van der Waals surface area (Å²) < 4.78 is 25.0. The van der Waals surface area contributed by atoms with Gasteiger partial charge in [0.05, 0.1) is 12.3 Å². The van der Waals surface area contributed by atoms with Gasteiger partial charge < -0.3 is 15.2 Å². The van der Waals surface area contributed by atoms with Crippen LogP contribution in [0.1, 0.15) is 27.0 Å². The number of esters is 1. The molecule has 0 fully saturated rings. The van der Waals surface area contributed by atoms with Gasteiger partial charge >= 0.3 is 11.7 Å². The lowest BCUT2D eigenvalue weighted by atomic mass is 10.2. The van der Waals surface area contributed by atoms with Crippen molar-refractivity contribution in [2.45, 2.75) is 38.7 Å². The Morgan fingerprint density at radius 1 is 1.48 bits per heavy atom. The quantitative estimate of drug-likeness (QED) is 0.603. The van der Waals surface area contributed by atoms with Crippen LogP contribution in [0.5, 0.6) is 0 Å². The zero-order valence-electron chi connectivity index (χ0n) is 13.9. The summed E-state index contributed by atoms with van der Waals surface area (Å²) in [5.41, 5.74) is 3.24. The molecule has 1 aromatic heterocycles. The number of carbonyl (C=O) groups excluding carboxylic acids is 2. The van der Waals surface area contributed by atoms with Crippen LogP contribution in [0.4, 0.5) is 10.2 Å². The Morgan fingerprint density at radius 2 is 2.16 bits per heavy atom. The fourth-order valence-electron chi connectivity index (χ4n) is 2.11. The third kappa shape index (κ3) is 4.67. The van der Waals surface area contributed by atoms with Crippen LogP contribution in [0.15, 0.2) is 23.1 Å². The molecule has 0 aromatic carbocycles. The van der Waals surface area contributed by atoms with Crippen molar-refractivity contribution < 1.29 is 23.5 Å². The molecule has 0 saturated carbocycles. The second kappa shape index (κ2) is 7.36. The Bertz CT molecular complexity index is 777. The smallest absolute Gasteiger partial charge is 0.352 e. The first-order valence-electron chi connectivity index (χ1n) is 7.35. The Morgan fingerprint density at radius 3 is 2.80 bits per heavy atom. The number of hydrogen-bond acceptors (Lipinski definition) is 8. The summed E-state index contributed by atoms with van der Waals surface area (Å²) in [7, 11) is 0. The fourth-order valence-corrected chi connectivity index (χ4v) is 3.01. The van der Waals surface area contributed by atoms with Gasteiger partial charge in [0.2, 0.25) is 5.12 Å². The van der Waals surface area contributed by atoms with E-state index in [0.29, 0.717) is 0 Å². The molecule has 0 radical (unpaired) electrons. The number of rotatable bonds is 5. The molecule has 10 heteroatoms. The number of nitrogens with zero attached hydrogens (tertiary/aromatic N) is 2. The van der Waals surface area contributed by atoms with Crippen LogP contribution in [-0.2, 0) is 19.1 Å². The largest absolute Gasteiger partial charge is 0.451 e. The summed E-state index contributed by atoms with van der Waals surface area (Å²) in [6.07, 6.45) is 2.83. The molecule has 1 aromatic rings. The van der Waals surface area contributed by atoms with Crippen molar-refractivity contribution >= 4 is 28.7 Å². The number of thioether (sulfide) groups is 1. The molecule has 136 valence electrons. The normalized spacial score (nSPS) is 19.8. The molecule has 2 atom stereocenters. The molecule has 0 saturated heterocycles. The van der Waals surface area contributed by atoms with Gasteiger partial charge in [-0.25, -0.2) is 9.18 Å². The third-order valence-electron chi connectivity index (χ3n) is 3.28. The number of anilines is 1. The van der Waals surface area contributed by atoms with Crippen molar-refractivity contribution in [1.29, 1.82) is 0 Å². The van der Waals surface area contributed by atoms with Gasteiger partial charge in [0.15, 0.2) is 23.5 Å². The maximum atomic E-state index is 13.5. The van der Waals surface area contributed by atoms with Crippen LogP contribution in [0.2, 0.25) is 0 Å². The standard InChI is InChI=1S/C15H18FN3O5S/c1-8(20)24-15(2,3)13(21)25-7-9-4-5-11(23-9)19-6-10(16)12(17)18-14(19)22/h4-6,9,11H,7H2,1-3H3,(H2,17,18,22). The van der Waals surface area contributed by atoms with E-state index in [1.54, 1.807) is 12.2 Å². The predicted octanol–water partition coefficient (Wildman–Crippen LogP) is 1.02. The van der Waals surface area contributed by atoms with E-state index in [0.717, 1.165) is 22.5 Å². The first-order chi connectivity index (χ1) is 11.6. The van der Waals surface area contributed by atoms with E-state index in [-0.39, 0.29) is 10.9 Å². The monoisotopic (exact) mass is 371 g/mol. The molecule has 2 N–H and O–H groups in total. The highest BCUT2D eigenvalue weighted by atomic mass is 32.2. The molecule has 1 aliphatic heterocycles. The van der Waals surface area contributed by atoms with Crippen LogP contribution < -0.4 is 11.4 Å². The molecule has 1 aliphatic rings. The SMILES string of the molecule is CC(=O)OC(C)(C)C(=O)SCC1C=CC(n2cc(F)c(N)nc2=O)O1. The van der Waals surface area contributed by atoms with Crippen molar-refractivity contribution in [2.24, 2.45) is 0 Å². The van der Waals surface area contributed by atoms with Crippen LogP contribution in [-0.4, -0.2) is 38.1 Å². The number of aromatic nitrogens is 2. The maximum absolute atomic E-state index is 13.5. The summed E-state index contributed by atoms with van der Waals surface area (Å²) in [6.45, 7) is 4.23.